The van der Waals surface area contributed by atoms with Gasteiger partial charge in [0.25, 0.3) is 0 Å². The summed E-state index contributed by atoms with van der Waals surface area (Å²) in [5.74, 6) is -0.733. The summed E-state index contributed by atoms with van der Waals surface area (Å²) in [4.78, 5) is 23.3. The topological polar surface area (TPSA) is 64.6 Å². The minimum Gasteiger partial charge on any atom is -0.461 e. The molecule has 1 aromatic carbocycles. The van der Waals surface area contributed by atoms with Gasteiger partial charge in [0, 0.05) is 6.42 Å². The van der Waals surface area contributed by atoms with Gasteiger partial charge in [0.15, 0.2) is 0 Å². The van der Waals surface area contributed by atoms with Crippen molar-refractivity contribution in [1.82, 2.24) is 5.32 Å². The van der Waals surface area contributed by atoms with E-state index in [1.807, 2.05) is 30.3 Å². The van der Waals surface area contributed by atoms with Gasteiger partial charge < -0.3 is 14.8 Å². The number of hydrogen-bond acceptors (Lipinski definition) is 5. The van der Waals surface area contributed by atoms with Crippen molar-refractivity contribution in [3.63, 3.8) is 0 Å². The van der Waals surface area contributed by atoms with Crippen LogP contribution < -0.4 is 5.32 Å². The molecule has 1 atom stereocenters. The standard InChI is InChI=1S/C16H21NO4/c1-3-11-20-15(18)10-9-14(17-2)16(19)21-12-13-7-5-4-6-8-13/h3-8,14,17H,1,9-12H2,2H3/t14-/m1/s1. The molecule has 0 bridgehead atoms. The Balaban J connectivity index is 2.35. The maximum absolute atomic E-state index is 11.9. The molecule has 0 spiro atoms. The number of esters is 2. The number of carbonyl (C=O) groups is 2. The quantitative estimate of drug-likeness (QED) is 0.555. The van der Waals surface area contributed by atoms with Gasteiger partial charge in [-0.05, 0) is 19.0 Å². The number of benzene rings is 1. The molecule has 0 saturated carbocycles. The van der Waals surface area contributed by atoms with Gasteiger partial charge in [-0.3, -0.25) is 9.59 Å². The Bertz CT molecular complexity index is 459. The number of nitrogens with one attached hydrogen (secondary N) is 1. The maximum Gasteiger partial charge on any atom is 0.323 e. The number of hydrogen-bond donors (Lipinski definition) is 1. The van der Waals surface area contributed by atoms with Gasteiger partial charge in [0.1, 0.15) is 19.3 Å². The molecule has 114 valence electrons. The number of carbonyl (C=O) groups excluding carboxylic acids is 2. The van der Waals surface area contributed by atoms with Gasteiger partial charge in [-0.2, -0.15) is 0 Å². The zero-order valence-corrected chi connectivity index (χ0v) is 12.2. The first-order chi connectivity index (χ1) is 10.2. The molecule has 0 heterocycles. The van der Waals surface area contributed by atoms with Gasteiger partial charge in [0.2, 0.25) is 0 Å². The zero-order chi connectivity index (χ0) is 15.5. The molecule has 0 aliphatic rings. The Hall–Kier alpha value is -2.14. The van der Waals surface area contributed by atoms with E-state index in [-0.39, 0.29) is 31.6 Å². The molecule has 0 saturated heterocycles. The van der Waals surface area contributed by atoms with E-state index >= 15 is 0 Å². The summed E-state index contributed by atoms with van der Waals surface area (Å²) in [6.07, 6.45) is 1.99. The van der Waals surface area contributed by atoms with Crippen LogP contribution in [0.5, 0.6) is 0 Å². The molecule has 1 N–H and O–H groups in total. The Morgan fingerprint density at radius 3 is 2.62 bits per heavy atom. The third-order valence-electron chi connectivity index (χ3n) is 2.86. The Morgan fingerprint density at radius 2 is 2.00 bits per heavy atom. The lowest BCUT2D eigenvalue weighted by atomic mass is 10.1. The normalized spacial score (nSPS) is 11.5. The molecule has 0 aliphatic heterocycles. The lowest BCUT2D eigenvalue weighted by molar-refractivity contribution is -0.148. The molecule has 0 unspecified atom stereocenters. The lowest BCUT2D eigenvalue weighted by Crippen LogP contribution is -2.36. The molecule has 0 aromatic heterocycles. The van der Waals surface area contributed by atoms with Crippen LogP contribution in [-0.4, -0.2) is 31.6 Å². The van der Waals surface area contributed by atoms with Crippen LogP contribution >= 0.6 is 0 Å². The van der Waals surface area contributed by atoms with Crippen molar-refractivity contribution < 1.29 is 19.1 Å². The van der Waals surface area contributed by atoms with Crippen LogP contribution in [0.1, 0.15) is 18.4 Å². The molecule has 5 heteroatoms. The van der Waals surface area contributed by atoms with Crippen molar-refractivity contribution in [2.75, 3.05) is 13.7 Å². The Kier molecular flexibility index (Phi) is 7.82. The highest BCUT2D eigenvalue weighted by Gasteiger charge is 2.19. The van der Waals surface area contributed by atoms with E-state index < -0.39 is 6.04 Å². The number of ether oxygens (including phenoxy) is 2. The van der Waals surface area contributed by atoms with Crippen LogP contribution in [0.4, 0.5) is 0 Å². The summed E-state index contributed by atoms with van der Waals surface area (Å²) in [6.45, 7) is 3.86. The van der Waals surface area contributed by atoms with Gasteiger partial charge >= 0.3 is 11.9 Å². The van der Waals surface area contributed by atoms with Gasteiger partial charge in [-0.1, -0.05) is 43.0 Å². The average molecular weight is 291 g/mol. The lowest BCUT2D eigenvalue weighted by Gasteiger charge is -2.14. The van der Waals surface area contributed by atoms with Crippen molar-refractivity contribution in [3.8, 4) is 0 Å². The van der Waals surface area contributed by atoms with Crippen LogP contribution in [0.15, 0.2) is 43.0 Å². The summed E-state index contributed by atoms with van der Waals surface area (Å²) < 4.78 is 10.1. The minimum absolute atomic E-state index is 0.153. The first-order valence-corrected chi connectivity index (χ1v) is 6.81. The van der Waals surface area contributed by atoms with Gasteiger partial charge in [0.05, 0.1) is 0 Å². The highest BCUT2D eigenvalue weighted by Crippen LogP contribution is 2.05. The molecule has 0 radical (unpaired) electrons. The van der Waals surface area contributed by atoms with Crippen molar-refractivity contribution >= 4 is 11.9 Å². The smallest absolute Gasteiger partial charge is 0.323 e. The molecular weight excluding hydrogens is 270 g/mol. The van der Waals surface area contributed by atoms with Crippen LogP contribution in [0.25, 0.3) is 0 Å². The second-order valence-electron chi connectivity index (χ2n) is 4.44. The summed E-state index contributed by atoms with van der Waals surface area (Å²) in [5.41, 5.74) is 0.922. The molecule has 0 fully saturated rings. The molecule has 1 aromatic rings. The fourth-order valence-electron chi connectivity index (χ4n) is 1.70. The van der Waals surface area contributed by atoms with E-state index in [9.17, 15) is 9.59 Å². The second-order valence-corrected chi connectivity index (χ2v) is 4.44. The van der Waals surface area contributed by atoms with E-state index in [0.29, 0.717) is 6.42 Å². The largest absolute Gasteiger partial charge is 0.461 e. The van der Waals surface area contributed by atoms with Gasteiger partial charge in [-0.25, -0.2) is 0 Å². The van der Waals surface area contributed by atoms with E-state index in [1.54, 1.807) is 7.05 Å². The fraction of sp³-hybridized carbons (Fsp3) is 0.375. The molecular formula is C16H21NO4. The number of likely N-dealkylation sites (N-methyl/N-ethyl adjacent to an activating group) is 1. The predicted octanol–water partition coefficient (Wildman–Crippen LogP) is 1.83. The molecule has 1 rings (SSSR count). The van der Waals surface area contributed by atoms with Crippen molar-refractivity contribution in [2.45, 2.75) is 25.5 Å². The molecule has 5 nitrogen and oxygen atoms in total. The van der Waals surface area contributed by atoms with E-state index in [0.717, 1.165) is 5.56 Å². The maximum atomic E-state index is 11.9. The molecule has 0 aliphatic carbocycles. The summed E-state index contributed by atoms with van der Waals surface area (Å²) in [7, 11) is 1.66. The average Bonchev–Trinajstić information content (AvgIpc) is 2.52. The van der Waals surface area contributed by atoms with Crippen LogP contribution in [0.2, 0.25) is 0 Å². The first-order valence-electron chi connectivity index (χ1n) is 6.81. The SMILES string of the molecule is C=CCOC(=O)CC[C@@H](NC)C(=O)OCc1ccccc1. The first kappa shape index (κ1) is 16.9. The van der Waals surface area contributed by atoms with E-state index in [2.05, 4.69) is 11.9 Å². The van der Waals surface area contributed by atoms with Gasteiger partial charge in [-0.15, -0.1) is 0 Å². The van der Waals surface area contributed by atoms with Crippen molar-refractivity contribution in [2.24, 2.45) is 0 Å². The minimum atomic E-state index is -0.523. The molecule has 0 amide bonds. The fourth-order valence-corrected chi connectivity index (χ4v) is 1.70. The third-order valence-corrected chi connectivity index (χ3v) is 2.86. The van der Waals surface area contributed by atoms with Crippen LogP contribution in [0.3, 0.4) is 0 Å². The monoisotopic (exact) mass is 291 g/mol. The van der Waals surface area contributed by atoms with Crippen LogP contribution in [-0.2, 0) is 25.7 Å². The zero-order valence-electron chi connectivity index (χ0n) is 12.2. The Labute approximate surface area is 124 Å². The second kappa shape index (κ2) is 9.72. The third kappa shape index (κ3) is 6.72. The summed E-state index contributed by atoms with van der Waals surface area (Å²) in [6, 6.07) is 8.91. The predicted molar refractivity (Wildman–Crippen MR) is 79.5 cm³/mol. The van der Waals surface area contributed by atoms with E-state index in [4.69, 9.17) is 9.47 Å². The summed E-state index contributed by atoms with van der Waals surface area (Å²) >= 11 is 0. The van der Waals surface area contributed by atoms with Crippen molar-refractivity contribution in [3.05, 3.63) is 48.6 Å². The van der Waals surface area contributed by atoms with Crippen LogP contribution in [0, 0.1) is 0 Å². The highest BCUT2D eigenvalue weighted by atomic mass is 16.5. The van der Waals surface area contributed by atoms with E-state index in [1.165, 1.54) is 6.08 Å². The number of rotatable bonds is 9. The highest BCUT2D eigenvalue weighted by molar-refractivity contribution is 5.77. The summed E-state index contributed by atoms with van der Waals surface area (Å²) in [5, 5.41) is 2.85. The Morgan fingerprint density at radius 1 is 1.29 bits per heavy atom. The van der Waals surface area contributed by atoms with Crippen molar-refractivity contribution in [1.29, 1.82) is 0 Å². The molecule has 21 heavy (non-hydrogen) atoms.